The Morgan fingerprint density at radius 2 is 1.85 bits per heavy atom. The number of nitrogens with one attached hydrogen (secondary N) is 1. The molecular formula is C15H18ClNO3. The van der Waals surface area contributed by atoms with Crippen LogP contribution in [0, 0.1) is 17.8 Å². The Hall–Kier alpha value is -1.55. The molecule has 1 aromatic rings. The van der Waals surface area contributed by atoms with Crippen LogP contribution in [0.25, 0.3) is 0 Å². The summed E-state index contributed by atoms with van der Waals surface area (Å²) in [6, 6.07) is 6.80. The lowest BCUT2D eigenvalue weighted by Crippen LogP contribution is -2.29. The van der Waals surface area contributed by atoms with Crippen LogP contribution in [0.2, 0.25) is 5.02 Å². The number of carbonyl (C=O) groups excluding carboxylic acids is 1. The molecule has 2 rings (SSSR count). The minimum atomic E-state index is -0.878. The molecule has 0 saturated heterocycles. The SMILES string of the molecule is CCC1CC(C(=O)O)C(C(=O)Nc2ccc(Cl)cc2)C1. The van der Waals surface area contributed by atoms with Gasteiger partial charge in [0, 0.05) is 10.7 Å². The Kier molecular flexibility index (Phi) is 4.65. The van der Waals surface area contributed by atoms with Gasteiger partial charge < -0.3 is 10.4 Å². The van der Waals surface area contributed by atoms with Crippen LogP contribution in [0.5, 0.6) is 0 Å². The minimum absolute atomic E-state index is 0.212. The van der Waals surface area contributed by atoms with Crippen molar-refractivity contribution in [3.63, 3.8) is 0 Å². The van der Waals surface area contributed by atoms with Gasteiger partial charge in [-0.1, -0.05) is 24.9 Å². The third-order valence-electron chi connectivity index (χ3n) is 4.00. The molecule has 4 nitrogen and oxygen atoms in total. The minimum Gasteiger partial charge on any atom is -0.481 e. The van der Waals surface area contributed by atoms with E-state index >= 15 is 0 Å². The Morgan fingerprint density at radius 3 is 2.40 bits per heavy atom. The number of aliphatic carboxylic acids is 1. The zero-order valence-corrected chi connectivity index (χ0v) is 12.1. The molecule has 1 amide bonds. The van der Waals surface area contributed by atoms with Crippen LogP contribution >= 0.6 is 11.6 Å². The largest absolute Gasteiger partial charge is 0.481 e. The molecule has 1 aliphatic rings. The van der Waals surface area contributed by atoms with Gasteiger partial charge in [-0.2, -0.15) is 0 Å². The highest BCUT2D eigenvalue weighted by Crippen LogP contribution is 2.39. The number of benzene rings is 1. The quantitative estimate of drug-likeness (QED) is 0.894. The van der Waals surface area contributed by atoms with Crippen molar-refractivity contribution in [3.05, 3.63) is 29.3 Å². The number of amides is 1. The molecule has 108 valence electrons. The molecule has 3 atom stereocenters. The Bertz CT molecular complexity index is 500. The van der Waals surface area contributed by atoms with E-state index in [1.165, 1.54) is 0 Å². The van der Waals surface area contributed by atoms with E-state index in [4.69, 9.17) is 11.6 Å². The van der Waals surface area contributed by atoms with Crippen molar-refractivity contribution in [1.82, 2.24) is 0 Å². The molecule has 1 aromatic carbocycles. The summed E-state index contributed by atoms with van der Waals surface area (Å²) in [4.78, 5) is 23.5. The smallest absolute Gasteiger partial charge is 0.307 e. The van der Waals surface area contributed by atoms with E-state index in [1.807, 2.05) is 6.92 Å². The predicted octanol–water partition coefficient (Wildman–Crippen LogP) is 3.42. The van der Waals surface area contributed by atoms with Gasteiger partial charge in [-0.15, -0.1) is 0 Å². The first-order valence-corrected chi connectivity index (χ1v) is 7.18. The maximum absolute atomic E-state index is 12.3. The van der Waals surface area contributed by atoms with Crippen LogP contribution in [0.1, 0.15) is 26.2 Å². The van der Waals surface area contributed by atoms with E-state index in [0.29, 0.717) is 29.5 Å². The van der Waals surface area contributed by atoms with Gasteiger partial charge in [-0.05, 0) is 43.0 Å². The fourth-order valence-corrected chi connectivity index (χ4v) is 2.93. The fraction of sp³-hybridized carbons (Fsp3) is 0.467. The number of halogens is 1. The van der Waals surface area contributed by atoms with Gasteiger partial charge in [0.15, 0.2) is 0 Å². The Labute approximate surface area is 123 Å². The van der Waals surface area contributed by atoms with Crippen molar-refractivity contribution in [3.8, 4) is 0 Å². The highest BCUT2D eigenvalue weighted by molar-refractivity contribution is 6.30. The summed E-state index contributed by atoms with van der Waals surface area (Å²) in [5.41, 5.74) is 0.642. The van der Waals surface area contributed by atoms with Gasteiger partial charge in [0.05, 0.1) is 11.8 Å². The van der Waals surface area contributed by atoms with E-state index in [-0.39, 0.29) is 5.91 Å². The maximum atomic E-state index is 12.3. The van der Waals surface area contributed by atoms with Crippen LogP contribution < -0.4 is 5.32 Å². The third-order valence-corrected chi connectivity index (χ3v) is 4.26. The molecule has 0 bridgehead atoms. The first-order chi connectivity index (χ1) is 9.51. The molecular weight excluding hydrogens is 278 g/mol. The first kappa shape index (κ1) is 14.9. The lowest BCUT2D eigenvalue weighted by atomic mass is 9.95. The highest BCUT2D eigenvalue weighted by Gasteiger charge is 2.42. The number of hydrogen-bond donors (Lipinski definition) is 2. The molecule has 2 N–H and O–H groups in total. The molecule has 1 fully saturated rings. The van der Waals surface area contributed by atoms with Crippen LogP contribution in [-0.4, -0.2) is 17.0 Å². The number of carbonyl (C=O) groups is 2. The fourth-order valence-electron chi connectivity index (χ4n) is 2.81. The van der Waals surface area contributed by atoms with Crippen molar-refractivity contribution < 1.29 is 14.7 Å². The van der Waals surface area contributed by atoms with Crippen molar-refractivity contribution in [2.24, 2.45) is 17.8 Å². The van der Waals surface area contributed by atoms with Crippen molar-refractivity contribution in [1.29, 1.82) is 0 Å². The van der Waals surface area contributed by atoms with Gasteiger partial charge in [-0.3, -0.25) is 9.59 Å². The Morgan fingerprint density at radius 1 is 1.25 bits per heavy atom. The molecule has 0 aliphatic heterocycles. The van der Waals surface area contributed by atoms with E-state index in [9.17, 15) is 14.7 Å². The molecule has 20 heavy (non-hydrogen) atoms. The molecule has 3 unspecified atom stereocenters. The Balaban J connectivity index is 2.07. The summed E-state index contributed by atoms with van der Waals surface area (Å²) >= 11 is 5.79. The predicted molar refractivity (Wildman–Crippen MR) is 77.7 cm³/mol. The number of hydrogen-bond acceptors (Lipinski definition) is 2. The average Bonchev–Trinajstić information content (AvgIpc) is 2.86. The molecule has 0 radical (unpaired) electrons. The molecule has 0 aromatic heterocycles. The standard InChI is InChI=1S/C15H18ClNO3/c1-2-9-7-12(13(8-9)15(19)20)14(18)17-11-5-3-10(16)4-6-11/h3-6,9,12-13H,2,7-8H2,1H3,(H,17,18)(H,19,20). The van der Waals surface area contributed by atoms with Crippen molar-refractivity contribution in [2.75, 3.05) is 5.32 Å². The van der Waals surface area contributed by atoms with Gasteiger partial charge >= 0.3 is 5.97 Å². The van der Waals surface area contributed by atoms with E-state index in [1.54, 1.807) is 24.3 Å². The lowest BCUT2D eigenvalue weighted by Gasteiger charge is -2.15. The van der Waals surface area contributed by atoms with Crippen LogP contribution in [0.3, 0.4) is 0 Å². The molecule has 5 heteroatoms. The summed E-state index contributed by atoms with van der Waals surface area (Å²) in [5, 5.41) is 12.6. The zero-order valence-electron chi connectivity index (χ0n) is 11.3. The van der Waals surface area contributed by atoms with E-state index in [2.05, 4.69) is 5.32 Å². The highest BCUT2D eigenvalue weighted by atomic mass is 35.5. The molecule has 1 aliphatic carbocycles. The number of carboxylic acid groups (broad SMARTS) is 1. The van der Waals surface area contributed by atoms with E-state index in [0.717, 1.165) is 6.42 Å². The summed E-state index contributed by atoms with van der Waals surface area (Å²) < 4.78 is 0. The second kappa shape index (κ2) is 6.27. The monoisotopic (exact) mass is 295 g/mol. The van der Waals surface area contributed by atoms with Crippen molar-refractivity contribution >= 4 is 29.2 Å². The molecule has 1 saturated carbocycles. The van der Waals surface area contributed by atoms with Crippen LogP contribution in [0.4, 0.5) is 5.69 Å². The van der Waals surface area contributed by atoms with Gasteiger partial charge in [-0.25, -0.2) is 0 Å². The van der Waals surface area contributed by atoms with Gasteiger partial charge in [0.2, 0.25) is 5.91 Å². The second-order valence-electron chi connectivity index (χ2n) is 5.29. The third kappa shape index (κ3) is 3.31. The summed E-state index contributed by atoms with van der Waals surface area (Å²) in [7, 11) is 0. The zero-order chi connectivity index (χ0) is 14.7. The summed E-state index contributed by atoms with van der Waals surface area (Å²) in [6.07, 6.45) is 2.14. The van der Waals surface area contributed by atoms with E-state index < -0.39 is 17.8 Å². The van der Waals surface area contributed by atoms with Crippen molar-refractivity contribution in [2.45, 2.75) is 26.2 Å². The molecule has 0 spiro atoms. The maximum Gasteiger partial charge on any atom is 0.307 e. The van der Waals surface area contributed by atoms with Gasteiger partial charge in [0.1, 0.15) is 0 Å². The second-order valence-corrected chi connectivity index (χ2v) is 5.73. The average molecular weight is 296 g/mol. The topological polar surface area (TPSA) is 66.4 Å². The number of rotatable bonds is 4. The van der Waals surface area contributed by atoms with Crippen LogP contribution in [0.15, 0.2) is 24.3 Å². The first-order valence-electron chi connectivity index (χ1n) is 6.80. The number of carboxylic acids is 1. The van der Waals surface area contributed by atoms with Gasteiger partial charge in [0.25, 0.3) is 0 Å². The van der Waals surface area contributed by atoms with Crippen LogP contribution in [-0.2, 0) is 9.59 Å². The normalized spacial score (nSPS) is 25.4. The summed E-state index contributed by atoms with van der Waals surface area (Å²) in [5.74, 6) is -1.80. The lowest BCUT2D eigenvalue weighted by molar-refractivity contribution is -0.145. The summed E-state index contributed by atoms with van der Waals surface area (Å²) in [6.45, 7) is 2.03. The number of anilines is 1. The molecule has 0 heterocycles.